The van der Waals surface area contributed by atoms with Crippen LogP contribution >= 0.6 is 0 Å². The van der Waals surface area contributed by atoms with Crippen molar-refractivity contribution in [2.45, 2.75) is 39.2 Å². The van der Waals surface area contributed by atoms with Crippen LogP contribution in [0.25, 0.3) is 0 Å². The van der Waals surface area contributed by atoms with Gasteiger partial charge in [0.1, 0.15) is 6.20 Å². The molecule has 1 N–H and O–H groups in total. The second-order valence-corrected chi connectivity index (χ2v) is 5.64. The number of nitrogens with one attached hydrogen (secondary N) is 1. The summed E-state index contributed by atoms with van der Waals surface area (Å²) >= 11 is 0. The van der Waals surface area contributed by atoms with Gasteiger partial charge in [0, 0.05) is 13.1 Å². The molecule has 3 atom stereocenters. The van der Waals surface area contributed by atoms with E-state index < -0.39 is 10.8 Å². The van der Waals surface area contributed by atoms with Gasteiger partial charge in [-0.3, -0.25) is 19.6 Å². The largest absolute Gasteiger partial charge is 0.347 e. The molecule has 1 heterocycles. The average molecular weight is 280 g/mol. The molecule has 110 valence electrons. The van der Waals surface area contributed by atoms with Gasteiger partial charge in [-0.1, -0.05) is 26.7 Å². The minimum atomic E-state index is -0.575. The highest BCUT2D eigenvalue weighted by Gasteiger charge is 2.31. The zero-order valence-electron chi connectivity index (χ0n) is 12.0. The summed E-state index contributed by atoms with van der Waals surface area (Å²) in [5.74, 6) is 0.464. The van der Waals surface area contributed by atoms with E-state index in [4.69, 9.17) is 0 Å². The highest BCUT2D eigenvalue weighted by Crippen LogP contribution is 2.30. The monoisotopic (exact) mass is 280 g/mol. The van der Waals surface area contributed by atoms with Crippen LogP contribution in [0, 0.1) is 22.0 Å². The molecule has 1 saturated carbocycles. The van der Waals surface area contributed by atoms with Crippen LogP contribution in [-0.4, -0.2) is 26.7 Å². The lowest BCUT2D eigenvalue weighted by molar-refractivity contribution is -0.385. The molecule has 0 unspecified atom stereocenters. The van der Waals surface area contributed by atoms with E-state index in [-0.39, 0.29) is 17.4 Å². The van der Waals surface area contributed by atoms with E-state index in [0.29, 0.717) is 11.8 Å². The topological polar surface area (TPSA) is 90.1 Å². The lowest BCUT2D eigenvalue weighted by Gasteiger charge is -2.34. The van der Waals surface area contributed by atoms with Gasteiger partial charge in [0.25, 0.3) is 5.91 Å². The lowest BCUT2D eigenvalue weighted by atomic mass is 9.78. The highest BCUT2D eigenvalue weighted by atomic mass is 16.6. The fourth-order valence-corrected chi connectivity index (χ4v) is 2.79. The van der Waals surface area contributed by atoms with Crippen LogP contribution in [0.2, 0.25) is 0 Å². The van der Waals surface area contributed by atoms with E-state index in [0.717, 1.165) is 19.3 Å². The molecule has 1 aromatic rings. The number of rotatable bonds is 3. The van der Waals surface area contributed by atoms with Gasteiger partial charge in [0.05, 0.1) is 4.92 Å². The minimum Gasteiger partial charge on any atom is -0.347 e. The maximum absolute atomic E-state index is 12.2. The molecule has 0 bridgehead atoms. The summed E-state index contributed by atoms with van der Waals surface area (Å²) in [4.78, 5) is 22.6. The van der Waals surface area contributed by atoms with Crippen LogP contribution in [0.1, 0.15) is 43.6 Å². The van der Waals surface area contributed by atoms with Gasteiger partial charge in [0.15, 0.2) is 0 Å². The van der Waals surface area contributed by atoms with Crippen molar-refractivity contribution in [2.24, 2.45) is 18.9 Å². The molecule has 2 rings (SSSR count). The average Bonchev–Trinajstić information content (AvgIpc) is 2.77. The van der Waals surface area contributed by atoms with Gasteiger partial charge in [-0.15, -0.1) is 0 Å². The molecule has 1 amide bonds. The van der Waals surface area contributed by atoms with E-state index in [9.17, 15) is 14.9 Å². The van der Waals surface area contributed by atoms with Gasteiger partial charge in [-0.2, -0.15) is 5.10 Å². The van der Waals surface area contributed by atoms with Crippen molar-refractivity contribution in [3.8, 4) is 0 Å². The Balaban J connectivity index is 2.14. The maximum Gasteiger partial charge on any atom is 0.320 e. The molecule has 7 nitrogen and oxygen atoms in total. The minimum absolute atomic E-state index is 0.0628. The SMILES string of the molecule is C[C@@H]1[C@H](C)CCC[C@H]1NC(=O)c1nn(C)cc1[N+](=O)[O-]. The molecular weight excluding hydrogens is 260 g/mol. The number of nitro groups is 1. The molecule has 1 aliphatic carbocycles. The van der Waals surface area contributed by atoms with Gasteiger partial charge in [-0.25, -0.2) is 0 Å². The molecule has 0 aromatic carbocycles. The fourth-order valence-electron chi connectivity index (χ4n) is 2.79. The summed E-state index contributed by atoms with van der Waals surface area (Å²) in [5.41, 5.74) is -0.357. The summed E-state index contributed by atoms with van der Waals surface area (Å²) < 4.78 is 1.29. The first-order valence-corrected chi connectivity index (χ1v) is 6.89. The number of aromatic nitrogens is 2. The third-order valence-corrected chi connectivity index (χ3v) is 4.24. The second kappa shape index (κ2) is 5.60. The highest BCUT2D eigenvalue weighted by molar-refractivity contribution is 5.96. The fraction of sp³-hybridized carbons (Fsp3) is 0.692. The Labute approximate surface area is 117 Å². The summed E-state index contributed by atoms with van der Waals surface area (Å²) in [6, 6.07) is 0.0628. The number of hydrogen-bond donors (Lipinski definition) is 1. The predicted octanol–water partition coefficient (Wildman–Crippen LogP) is 1.88. The van der Waals surface area contributed by atoms with Crippen LogP contribution in [0.4, 0.5) is 5.69 Å². The second-order valence-electron chi connectivity index (χ2n) is 5.64. The quantitative estimate of drug-likeness (QED) is 0.676. The molecule has 0 aliphatic heterocycles. The summed E-state index contributed by atoms with van der Waals surface area (Å²) in [7, 11) is 1.56. The normalized spacial score (nSPS) is 26.2. The van der Waals surface area contributed by atoms with E-state index in [2.05, 4.69) is 24.3 Å². The standard InChI is InChI=1S/C13H20N4O3/c1-8-5-4-6-10(9(8)2)14-13(18)12-11(17(19)20)7-16(3)15-12/h7-10H,4-6H2,1-3H3,(H,14,18)/t8-,9-,10-/m1/s1. The number of amides is 1. The van der Waals surface area contributed by atoms with Crippen LogP contribution in [-0.2, 0) is 7.05 Å². The van der Waals surface area contributed by atoms with Gasteiger partial charge >= 0.3 is 5.69 Å². The van der Waals surface area contributed by atoms with E-state index in [1.54, 1.807) is 7.05 Å². The van der Waals surface area contributed by atoms with Gasteiger partial charge in [0.2, 0.25) is 5.69 Å². The molecule has 20 heavy (non-hydrogen) atoms. The Morgan fingerprint density at radius 3 is 2.85 bits per heavy atom. The Kier molecular flexibility index (Phi) is 4.06. The molecule has 1 aliphatic rings. The third-order valence-electron chi connectivity index (χ3n) is 4.24. The molecular formula is C13H20N4O3. The first kappa shape index (κ1) is 14.5. The number of carbonyl (C=O) groups is 1. The van der Waals surface area contributed by atoms with Crippen LogP contribution in [0.15, 0.2) is 6.20 Å². The first-order valence-electron chi connectivity index (χ1n) is 6.89. The molecule has 0 spiro atoms. The summed E-state index contributed by atoms with van der Waals surface area (Å²) in [6.07, 6.45) is 4.40. The smallest absolute Gasteiger partial charge is 0.320 e. The Bertz CT molecular complexity index is 526. The lowest BCUT2D eigenvalue weighted by Crippen LogP contribution is -2.44. The van der Waals surface area contributed by atoms with Gasteiger partial charge in [-0.05, 0) is 18.3 Å². The van der Waals surface area contributed by atoms with Crippen molar-refractivity contribution in [2.75, 3.05) is 0 Å². The van der Waals surface area contributed by atoms with Crippen molar-refractivity contribution < 1.29 is 9.72 Å². The summed E-state index contributed by atoms with van der Waals surface area (Å²) in [5, 5.41) is 17.7. The zero-order chi connectivity index (χ0) is 14.9. The Morgan fingerprint density at radius 2 is 2.20 bits per heavy atom. The molecule has 0 radical (unpaired) electrons. The van der Waals surface area contributed by atoms with Crippen molar-refractivity contribution in [1.29, 1.82) is 0 Å². The first-order chi connectivity index (χ1) is 9.40. The maximum atomic E-state index is 12.2. The third kappa shape index (κ3) is 2.81. The van der Waals surface area contributed by atoms with Crippen molar-refractivity contribution >= 4 is 11.6 Å². The van der Waals surface area contributed by atoms with Crippen molar-refractivity contribution in [1.82, 2.24) is 15.1 Å². The number of aryl methyl sites for hydroxylation is 1. The predicted molar refractivity (Wildman–Crippen MR) is 73.3 cm³/mol. The number of hydrogen-bond acceptors (Lipinski definition) is 4. The van der Waals surface area contributed by atoms with E-state index in [1.807, 2.05) is 0 Å². The zero-order valence-corrected chi connectivity index (χ0v) is 12.0. The molecule has 1 aromatic heterocycles. The van der Waals surface area contributed by atoms with Crippen LogP contribution in [0.3, 0.4) is 0 Å². The molecule has 7 heteroatoms. The molecule has 0 saturated heterocycles. The van der Waals surface area contributed by atoms with Crippen molar-refractivity contribution in [3.05, 3.63) is 22.0 Å². The van der Waals surface area contributed by atoms with Crippen LogP contribution < -0.4 is 5.32 Å². The molecule has 1 fully saturated rings. The van der Waals surface area contributed by atoms with Gasteiger partial charge < -0.3 is 5.32 Å². The van der Waals surface area contributed by atoms with Crippen LogP contribution in [0.5, 0.6) is 0 Å². The van der Waals surface area contributed by atoms with E-state index in [1.165, 1.54) is 10.9 Å². The number of carbonyl (C=O) groups excluding carboxylic acids is 1. The number of nitrogens with zero attached hydrogens (tertiary/aromatic N) is 3. The van der Waals surface area contributed by atoms with Crippen molar-refractivity contribution in [3.63, 3.8) is 0 Å². The summed E-state index contributed by atoms with van der Waals surface area (Å²) in [6.45, 7) is 4.29. The Hall–Kier alpha value is -1.92. The Morgan fingerprint density at radius 1 is 1.50 bits per heavy atom. The van der Waals surface area contributed by atoms with E-state index >= 15 is 0 Å².